The van der Waals surface area contributed by atoms with Gasteiger partial charge in [-0.3, -0.25) is 0 Å². The summed E-state index contributed by atoms with van der Waals surface area (Å²) in [5.41, 5.74) is 5.92. The molecule has 0 atom stereocenters. The maximum atomic E-state index is 5.47. The molecule has 1 aromatic carbocycles. The fourth-order valence-corrected chi connectivity index (χ4v) is 2.26. The minimum absolute atomic E-state index is 0.229. The van der Waals surface area contributed by atoms with Crippen molar-refractivity contribution in [2.75, 3.05) is 10.7 Å². The van der Waals surface area contributed by atoms with Crippen LogP contribution in [0.3, 0.4) is 0 Å². The average molecular weight is 350 g/mol. The zero-order chi connectivity index (χ0) is 15.6. The van der Waals surface area contributed by atoms with E-state index in [-0.39, 0.29) is 5.92 Å². The molecule has 0 aliphatic carbocycles. The third-order valence-electron chi connectivity index (χ3n) is 3.12. The van der Waals surface area contributed by atoms with Crippen molar-refractivity contribution in [3.05, 3.63) is 39.6 Å². The zero-order valence-electron chi connectivity index (χ0n) is 12.7. The van der Waals surface area contributed by atoms with E-state index < -0.39 is 0 Å². The number of rotatable bonds is 4. The molecule has 21 heavy (non-hydrogen) atoms. The van der Waals surface area contributed by atoms with Crippen LogP contribution in [-0.2, 0) is 0 Å². The van der Waals surface area contributed by atoms with Crippen LogP contribution in [0.2, 0.25) is 0 Å². The van der Waals surface area contributed by atoms with Gasteiger partial charge < -0.3 is 10.7 Å². The molecule has 112 valence electrons. The lowest BCUT2D eigenvalue weighted by atomic mass is 10.1. The second-order valence-electron chi connectivity index (χ2n) is 5.34. The average Bonchev–Trinajstić information content (AvgIpc) is 2.44. The Kier molecular flexibility index (Phi) is 4.80. The second kappa shape index (κ2) is 6.41. The highest BCUT2D eigenvalue weighted by Crippen LogP contribution is 2.27. The minimum Gasteiger partial charge on any atom is -0.340 e. The number of nitrogens with zero attached hydrogens (tertiary/aromatic N) is 2. The van der Waals surface area contributed by atoms with Crippen molar-refractivity contribution in [3.8, 4) is 0 Å². The molecule has 5 nitrogen and oxygen atoms in total. The highest BCUT2D eigenvalue weighted by atomic mass is 79.9. The summed E-state index contributed by atoms with van der Waals surface area (Å²) in [6.45, 7) is 8.23. The van der Waals surface area contributed by atoms with Crippen LogP contribution in [-0.4, -0.2) is 9.97 Å². The highest BCUT2D eigenvalue weighted by molar-refractivity contribution is 9.10. The van der Waals surface area contributed by atoms with E-state index >= 15 is 0 Å². The lowest BCUT2D eigenvalue weighted by molar-refractivity contribution is 0.777. The predicted octanol–water partition coefficient (Wildman–Crippen LogP) is 4.01. The van der Waals surface area contributed by atoms with Crippen LogP contribution in [0.5, 0.6) is 0 Å². The maximum Gasteiger partial charge on any atom is 0.145 e. The molecule has 0 aliphatic heterocycles. The van der Waals surface area contributed by atoms with Gasteiger partial charge in [0.15, 0.2) is 0 Å². The van der Waals surface area contributed by atoms with Crippen molar-refractivity contribution in [1.82, 2.24) is 9.97 Å². The molecule has 1 heterocycles. The summed E-state index contributed by atoms with van der Waals surface area (Å²) in [4.78, 5) is 8.88. The zero-order valence-corrected chi connectivity index (χ0v) is 14.2. The van der Waals surface area contributed by atoms with Crippen molar-refractivity contribution in [3.63, 3.8) is 0 Å². The van der Waals surface area contributed by atoms with E-state index in [1.54, 1.807) is 6.07 Å². The normalized spacial score (nSPS) is 10.8. The molecule has 0 aliphatic rings. The molecule has 0 saturated carbocycles. The first-order chi connectivity index (χ1) is 9.90. The second-order valence-corrected chi connectivity index (χ2v) is 6.14. The number of anilines is 3. The van der Waals surface area contributed by atoms with Gasteiger partial charge in [0.2, 0.25) is 0 Å². The number of nitrogens with one attached hydrogen (secondary N) is 2. The van der Waals surface area contributed by atoms with Crippen molar-refractivity contribution >= 4 is 33.3 Å². The van der Waals surface area contributed by atoms with Gasteiger partial charge in [0.1, 0.15) is 17.5 Å². The van der Waals surface area contributed by atoms with Crippen LogP contribution < -0.4 is 16.6 Å². The Balaban J connectivity index is 2.37. The number of aromatic nitrogens is 2. The van der Waals surface area contributed by atoms with E-state index in [1.165, 1.54) is 11.1 Å². The first-order valence-corrected chi connectivity index (χ1v) is 7.59. The number of hydrogen-bond donors (Lipinski definition) is 3. The van der Waals surface area contributed by atoms with E-state index in [2.05, 4.69) is 62.6 Å². The first kappa shape index (κ1) is 15.7. The highest BCUT2D eigenvalue weighted by Gasteiger charge is 2.09. The third-order valence-corrected chi connectivity index (χ3v) is 4.37. The van der Waals surface area contributed by atoms with E-state index in [0.29, 0.717) is 5.82 Å². The van der Waals surface area contributed by atoms with E-state index in [9.17, 15) is 0 Å². The van der Waals surface area contributed by atoms with Crippen LogP contribution in [0.25, 0.3) is 0 Å². The topological polar surface area (TPSA) is 75.9 Å². The molecular weight excluding hydrogens is 330 g/mol. The number of hydrogen-bond acceptors (Lipinski definition) is 5. The third kappa shape index (κ3) is 3.71. The van der Waals surface area contributed by atoms with Gasteiger partial charge in [0.05, 0.1) is 0 Å². The summed E-state index contributed by atoms with van der Waals surface area (Å²) < 4.78 is 1.13. The fraction of sp³-hybridized carbons (Fsp3) is 0.333. The maximum absolute atomic E-state index is 5.47. The number of nitrogen functional groups attached to an aromatic ring is 1. The van der Waals surface area contributed by atoms with E-state index in [1.807, 2.05) is 13.8 Å². The SMILES string of the molecule is Cc1cc(Nc2cc(NN)nc(C(C)C)n2)cc(C)c1Br. The van der Waals surface area contributed by atoms with Gasteiger partial charge in [-0.25, -0.2) is 15.8 Å². The monoisotopic (exact) mass is 349 g/mol. The van der Waals surface area contributed by atoms with Crippen LogP contribution >= 0.6 is 15.9 Å². The Labute approximate surface area is 133 Å². The smallest absolute Gasteiger partial charge is 0.145 e. The fourth-order valence-electron chi connectivity index (χ4n) is 2.03. The minimum atomic E-state index is 0.229. The number of nitrogens with two attached hydrogens (primary N) is 1. The molecule has 0 bridgehead atoms. The summed E-state index contributed by atoms with van der Waals surface area (Å²) in [5.74, 6) is 7.78. The first-order valence-electron chi connectivity index (χ1n) is 6.80. The van der Waals surface area contributed by atoms with Gasteiger partial charge in [-0.15, -0.1) is 0 Å². The van der Waals surface area contributed by atoms with Gasteiger partial charge in [0.25, 0.3) is 0 Å². The van der Waals surface area contributed by atoms with E-state index in [4.69, 9.17) is 5.84 Å². The van der Waals surface area contributed by atoms with Crippen LogP contribution in [0.15, 0.2) is 22.7 Å². The lowest BCUT2D eigenvalue weighted by Crippen LogP contribution is -2.12. The molecule has 0 unspecified atom stereocenters. The molecule has 2 rings (SSSR count). The van der Waals surface area contributed by atoms with Gasteiger partial charge in [-0.2, -0.15) is 0 Å². The Hall–Kier alpha value is -1.66. The summed E-state index contributed by atoms with van der Waals surface area (Å²) >= 11 is 3.57. The molecule has 0 saturated heterocycles. The van der Waals surface area contributed by atoms with Gasteiger partial charge in [-0.1, -0.05) is 29.8 Å². The Morgan fingerprint density at radius 2 is 1.62 bits per heavy atom. The largest absolute Gasteiger partial charge is 0.340 e. The summed E-state index contributed by atoms with van der Waals surface area (Å²) in [7, 11) is 0. The Morgan fingerprint density at radius 1 is 1.05 bits per heavy atom. The van der Waals surface area contributed by atoms with E-state index in [0.717, 1.165) is 21.8 Å². The number of hydrazine groups is 1. The van der Waals surface area contributed by atoms with Crippen LogP contribution in [0.4, 0.5) is 17.3 Å². The molecule has 0 amide bonds. The van der Waals surface area contributed by atoms with Gasteiger partial charge >= 0.3 is 0 Å². The molecule has 6 heteroatoms. The Morgan fingerprint density at radius 3 is 2.14 bits per heavy atom. The van der Waals surface area contributed by atoms with Crippen LogP contribution in [0, 0.1) is 13.8 Å². The molecule has 0 fully saturated rings. The molecule has 0 spiro atoms. The molecular formula is C15H20BrN5. The predicted molar refractivity (Wildman–Crippen MR) is 90.8 cm³/mol. The van der Waals surface area contributed by atoms with Crippen molar-refractivity contribution in [2.24, 2.45) is 5.84 Å². The summed E-state index contributed by atoms with van der Waals surface area (Å²) in [6.07, 6.45) is 0. The number of aryl methyl sites for hydroxylation is 2. The van der Waals surface area contributed by atoms with Crippen molar-refractivity contribution < 1.29 is 0 Å². The molecule has 1 aromatic heterocycles. The van der Waals surface area contributed by atoms with Crippen molar-refractivity contribution in [2.45, 2.75) is 33.6 Å². The Bertz CT molecular complexity index is 632. The number of benzene rings is 1. The number of halogens is 1. The quantitative estimate of drug-likeness (QED) is 0.574. The van der Waals surface area contributed by atoms with Gasteiger partial charge in [-0.05, 0) is 37.1 Å². The van der Waals surface area contributed by atoms with Gasteiger partial charge in [0, 0.05) is 22.1 Å². The summed E-state index contributed by atoms with van der Waals surface area (Å²) in [5, 5.41) is 3.32. The molecule has 0 radical (unpaired) electrons. The summed E-state index contributed by atoms with van der Waals surface area (Å²) in [6, 6.07) is 5.94. The van der Waals surface area contributed by atoms with Crippen LogP contribution in [0.1, 0.15) is 36.7 Å². The lowest BCUT2D eigenvalue weighted by Gasteiger charge is -2.13. The standard InChI is InChI=1S/C15H20BrN5/c1-8(2)15-19-12(7-13(20-15)21-17)18-11-5-9(3)14(16)10(4)6-11/h5-8H,17H2,1-4H3,(H2,18,19,20,21). The van der Waals surface area contributed by atoms with Crippen molar-refractivity contribution in [1.29, 1.82) is 0 Å². The molecule has 4 N–H and O–H groups in total. The molecule has 2 aromatic rings.